The van der Waals surface area contributed by atoms with Crippen LogP contribution < -0.4 is 10.1 Å². The molecule has 1 N–H and O–H groups in total. The molecule has 5 nitrogen and oxygen atoms in total. The van der Waals surface area contributed by atoms with Crippen LogP contribution in [0.2, 0.25) is 0 Å². The largest absolute Gasteiger partial charge is 0.497 e. The molecule has 0 saturated carbocycles. The maximum atomic E-state index is 13.7. The van der Waals surface area contributed by atoms with Gasteiger partial charge in [0.25, 0.3) is 0 Å². The van der Waals surface area contributed by atoms with E-state index < -0.39 is 6.04 Å². The van der Waals surface area contributed by atoms with Crippen LogP contribution in [0.1, 0.15) is 22.3 Å². The van der Waals surface area contributed by atoms with Crippen molar-refractivity contribution in [3.63, 3.8) is 0 Å². The lowest BCUT2D eigenvalue weighted by molar-refractivity contribution is -0.140. The maximum absolute atomic E-state index is 13.7. The summed E-state index contributed by atoms with van der Waals surface area (Å²) in [7, 11) is 1.64. The number of carbonyl (C=O) groups is 2. The molecule has 0 aliphatic heterocycles. The zero-order valence-corrected chi connectivity index (χ0v) is 21.8. The third-order valence-electron chi connectivity index (χ3n) is 6.54. The summed E-state index contributed by atoms with van der Waals surface area (Å²) in [5.74, 6) is 0.570. The Kier molecular flexibility index (Phi) is 9.69. The molecule has 4 aromatic rings. The molecule has 1 atom stereocenters. The highest BCUT2D eigenvalue weighted by Crippen LogP contribution is 2.17. The Bertz CT molecular complexity index is 1280. The molecular formula is C33H34N2O3. The van der Waals surface area contributed by atoms with Crippen molar-refractivity contribution < 1.29 is 14.3 Å². The van der Waals surface area contributed by atoms with E-state index in [-0.39, 0.29) is 18.2 Å². The fourth-order valence-corrected chi connectivity index (χ4v) is 4.45. The molecule has 4 aromatic carbocycles. The lowest BCUT2D eigenvalue weighted by Crippen LogP contribution is -2.51. The first-order valence-corrected chi connectivity index (χ1v) is 12.9. The third-order valence-corrected chi connectivity index (χ3v) is 6.54. The summed E-state index contributed by atoms with van der Waals surface area (Å²) in [4.78, 5) is 29.2. The highest BCUT2D eigenvalue weighted by atomic mass is 16.5. The van der Waals surface area contributed by atoms with Gasteiger partial charge in [-0.25, -0.2) is 0 Å². The summed E-state index contributed by atoms with van der Waals surface area (Å²) in [5, 5.41) is 3.10. The van der Waals surface area contributed by atoms with Crippen LogP contribution in [-0.4, -0.2) is 36.4 Å². The highest BCUT2D eigenvalue weighted by Gasteiger charge is 2.30. The summed E-state index contributed by atoms with van der Waals surface area (Å²) in [6.07, 6.45) is 1.35. The van der Waals surface area contributed by atoms with Gasteiger partial charge in [-0.15, -0.1) is 0 Å². The van der Waals surface area contributed by atoms with Gasteiger partial charge < -0.3 is 15.0 Å². The van der Waals surface area contributed by atoms with Gasteiger partial charge in [0.15, 0.2) is 0 Å². The highest BCUT2D eigenvalue weighted by molar-refractivity contribution is 5.88. The minimum Gasteiger partial charge on any atom is -0.497 e. The summed E-state index contributed by atoms with van der Waals surface area (Å²) >= 11 is 0. The van der Waals surface area contributed by atoms with Crippen molar-refractivity contribution in [1.82, 2.24) is 10.2 Å². The number of methoxy groups -OCH3 is 1. The molecule has 0 unspecified atom stereocenters. The predicted molar refractivity (Wildman–Crippen MR) is 151 cm³/mol. The number of nitrogens with one attached hydrogen (secondary N) is 1. The molecule has 0 bridgehead atoms. The fraction of sp³-hybridized carbons (Fsp3) is 0.212. The van der Waals surface area contributed by atoms with Gasteiger partial charge >= 0.3 is 0 Å². The van der Waals surface area contributed by atoms with Crippen LogP contribution >= 0.6 is 0 Å². The number of carbonyl (C=O) groups excluding carboxylic acids is 2. The lowest BCUT2D eigenvalue weighted by atomic mass is 10.0. The van der Waals surface area contributed by atoms with E-state index in [0.717, 1.165) is 28.0 Å². The molecule has 2 amide bonds. The molecule has 0 saturated heterocycles. The van der Waals surface area contributed by atoms with Gasteiger partial charge in [0.1, 0.15) is 11.8 Å². The fourth-order valence-electron chi connectivity index (χ4n) is 4.45. The van der Waals surface area contributed by atoms with Gasteiger partial charge in [0, 0.05) is 19.5 Å². The predicted octanol–water partition coefficient (Wildman–Crippen LogP) is 5.24. The number of hydrogen-bond acceptors (Lipinski definition) is 3. The Labute approximate surface area is 225 Å². The summed E-state index contributed by atoms with van der Waals surface area (Å²) in [5.41, 5.74) is 4.02. The van der Waals surface area contributed by atoms with E-state index in [1.165, 1.54) is 0 Å². The Morgan fingerprint density at radius 3 is 1.84 bits per heavy atom. The molecule has 0 fully saturated rings. The summed E-state index contributed by atoms with van der Waals surface area (Å²) in [6.45, 7) is 0.832. The second kappa shape index (κ2) is 13.8. The standard InChI is InChI=1S/C33H34N2O3/c1-38-30-19-17-26(18-20-30)21-22-34-33(37)31(23-27-11-5-2-6-12-27)35(25-29-15-9-4-10-16-29)32(36)24-28-13-7-3-8-14-28/h2-20,31H,21-25H2,1H3,(H,34,37)/t31-/m1/s1. The quantitative estimate of drug-likeness (QED) is 0.286. The number of ether oxygens (including phenoxy) is 1. The average Bonchev–Trinajstić information content (AvgIpc) is 2.97. The zero-order chi connectivity index (χ0) is 26.6. The van der Waals surface area contributed by atoms with E-state index >= 15 is 0 Å². The summed E-state index contributed by atoms with van der Waals surface area (Å²) in [6, 6.07) is 36.6. The average molecular weight is 507 g/mol. The first-order valence-electron chi connectivity index (χ1n) is 12.9. The normalized spacial score (nSPS) is 11.4. The molecule has 0 aliphatic rings. The molecule has 0 radical (unpaired) electrons. The van der Waals surface area contributed by atoms with E-state index in [1.54, 1.807) is 12.0 Å². The van der Waals surface area contributed by atoms with Crippen LogP contribution in [-0.2, 0) is 35.4 Å². The van der Waals surface area contributed by atoms with Crippen molar-refractivity contribution >= 4 is 11.8 Å². The van der Waals surface area contributed by atoms with Gasteiger partial charge in [-0.05, 0) is 40.8 Å². The Hall–Kier alpha value is -4.38. The second-order valence-electron chi connectivity index (χ2n) is 9.26. The minimum atomic E-state index is -0.648. The smallest absolute Gasteiger partial charge is 0.243 e. The van der Waals surface area contributed by atoms with Crippen LogP contribution in [0.25, 0.3) is 0 Å². The molecule has 0 spiro atoms. The van der Waals surface area contributed by atoms with Gasteiger partial charge in [-0.1, -0.05) is 103 Å². The maximum Gasteiger partial charge on any atom is 0.243 e. The number of benzene rings is 4. The van der Waals surface area contributed by atoms with Crippen LogP contribution in [0.4, 0.5) is 0 Å². The molecular weight excluding hydrogens is 472 g/mol. The van der Waals surface area contributed by atoms with E-state index in [9.17, 15) is 9.59 Å². The lowest BCUT2D eigenvalue weighted by Gasteiger charge is -2.31. The van der Waals surface area contributed by atoms with Gasteiger partial charge in [0.2, 0.25) is 11.8 Å². The van der Waals surface area contributed by atoms with Crippen molar-refractivity contribution in [1.29, 1.82) is 0 Å². The molecule has 4 rings (SSSR count). The first-order chi connectivity index (χ1) is 18.6. The summed E-state index contributed by atoms with van der Waals surface area (Å²) < 4.78 is 5.23. The third kappa shape index (κ3) is 7.81. The topological polar surface area (TPSA) is 58.6 Å². The van der Waals surface area contributed by atoms with E-state index in [0.29, 0.717) is 25.9 Å². The van der Waals surface area contributed by atoms with Crippen LogP contribution in [0.5, 0.6) is 5.75 Å². The van der Waals surface area contributed by atoms with E-state index in [4.69, 9.17) is 4.74 Å². The Morgan fingerprint density at radius 1 is 0.711 bits per heavy atom. The molecule has 38 heavy (non-hydrogen) atoms. The van der Waals surface area contributed by atoms with Crippen LogP contribution in [0, 0.1) is 0 Å². The van der Waals surface area contributed by atoms with Crippen molar-refractivity contribution in [3.8, 4) is 5.75 Å². The first kappa shape index (κ1) is 26.7. The molecule has 5 heteroatoms. The van der Waals surface area contributed by atoms with E-state index in [1.807, 2.05) is 115 Å². The van der Waals surface area contributed by atoms with Gasteiger partial charge in [-0.3, -0.25) is 9.59 Å². The van der Waals surface area contributed by atoms with Crippen molar-refractivity contribution in [3.05, 3.63) is 138 Å². The Morgan fingerprint density at radius 2 is 1.26 bits per heavy atom. The number of rotatable bonds is 12. The molecule has 194 valence electrons. The van der Waals surface area contributed by atoms with Gasteiger partial charge in [-0.2, -0.15) is 0 Å². The SMILES string of the molecule is COc1ccc(CCNC(=O)[C@@H](Cc2ccccc2)N(Cc2ccccc2)C(=O)Cc2ccccc2)cc1. The van der Waals surface area contributed by atoms with Gasteiger partial charge in [0.05, 0.1) is 13.5 Å². The van der Waals surface area contributed by atoms with Crippen molar-refractivity contribution in [2.24, 2.45) is 0 Å². The van der Waals surface area contributed by atoms with E-state index in [2.05, 4.69) is 5.32 Å². The van der Waals surface area contributed by atoms with Crippen molar-refractivity contribution in [2.75, 3.05) is 13.7 Å². The number of hydrogen-bond donors (Lipinski definition) is 1. The minimum absolute atomic E-state index is 0.0775. The van der Waals surface area contributed by atoms with Crippen LogP contribution in [0.3, 0.4) is 0 Å². The Balaban J connectivity index is 1.56. The monoisotopic (exact) mass is 506 g/mol. The number of nitrogens with zero attached hydrogens (tertiary/aromatic N) is 1. The molecule has 0 heterocycles. The van der Waals surface area contributed by atoms with Crippen molar-refractivity contribution in [2.45, 2.75) is 31.8 Å². The molecule has 0 aliphatic carbocycles. The molecule has 0 aromatic heterocycles. The number of amides is 2. The van der Waals surface area contributed by atoms with Crippen LogP contribution in [0.15, 0.2) is 115 Å². The second-order valence-corrected chi connectivity index (χ2v) is 9.26. The zero-order valence-electron chi connectivity index (χ0n) is 21.8.